The number of amides is 2. The van der Waals surface area contributed by atoms with E-state index in [1.165, 1.54) is 0 Å². The number of hydrogen-bond acceptors (Lipinski definition) is 5. The number of carbonyl (C=O) groups excluding carboxylic acids is 2. The van der Waals surface area contributed by atoms with E-state index in [-0.39, 0.29) is 24.5 Å². The maximum atomic E-state index is 13.0. The Bertz CT molecular complexity index is 809. The summed E-state index contributed by atoms with van der Waals surface area (Å²) in [7, 11) is 0. The Morgan fingerprint density at radius 1 is 1.16 bits per heavy atom. The van der Waals surface area contributed by atoms with Crippen molar-refractivity contribution in [2.75, 3.05) is 33.0 Å². The van der Waals surface area contributed by atoms with E-state index in [0.29, 0.717) is 29.5 Å². The number of fused-ring (bicyclic) bond motifs is 1. The van der Waals surface area contributed by atoms with Gasteiger partial charge in [0.15, 0.2) is 16.6 Å². The van der Waals surface area contributed by atoms with Crippen molar-refractivity contribution in [1.82, 2.24) is 20.9 Å². The second-order valence-corrected chi connectivity index (χ2v) is 8.70. The molecule has 3 rings (SSSR count). The molecule has 1 atom stereocenters. The molecule has 2 amide bonds. The Labute approximate surface area is 189 Å². The molecule has 1 aromatic rings. The first kappa shape index (κ1) is 23.1. The number of carbonyl (C=O) groups is 2. The first-order valence-electron chi connectivity index (χ1n) is 10.9. The molecule has 0 spiro atoms. The molecule has 0 radical (unpaired) electrons. The summed E-state index contributed by atoms with van der Waals surface area (Å²) in [5.41, 5.74) is 0.441. The van der Waals surface area contributed by atoms with Crippen molar-refractivity contribution >= 4 is 29.1 Å². The topological polar surface area (TPSA) is 91.9 Å². The minimum Gasteiger partial charge on any atom is -0.454 e. The largest absolute Gasteiger partial charge is 0.454 e. The van der Waals surface area contributed by atoms with Gasteiger partial charge in [0, 0.05) is 31.7 Å². The molecule has 1 saturated heterocycles. The summed E-state index contributed by atoms with van der Waals surface area (Å²) in [6.45, 7) is 9.10. The quantitative estimate of drug-likeness (QED) is 0.549. The third-order valence-electron chi connectivity index (χ3n) is 5.51. The van der Waals surface area contributed by atoms with Crippen LogP contribution in [0.25, 0.3) is 0 Å². The average molecular weight is 449 g/mol. The smallest absolute Gasteiger partial charge is 0.252 e. The predicted molar refractivity (Wildman–Crippen MR) is 122 cm³/mol. The van der Waals surface area contributed by atoms with Gasteiger partial charge >= 0.3 is 0 Å². The molecule has 9 heteroatoms. The predicted octanol–water partition coefficient (Wildman–Crippen LogP) is 1.89. The van der Waals surface area contributed by atoms with Gasteiger partial charge in [-0.25, -0.2) is 0 Å². The molecule has 2 aliphatic heterocycles. The molecule has 170 valence electrons. The number of piperidine rings is 1. The zero-order chi connectivity index (χ0) is 22.4. The fourth-order valence-electron chi connectivity index (χ4n) is 3.77. The zero-order valence-corrected chi connectivity index (χ0v) is 19.2. The Balaban J connectivity index is 1.68. The van der Waals surface area contributed by atoms with Gasteiger partial charge in [-0.1, -0.05) is 13.8 Å². The van der Waals surface area contributed by atoms with Crippen molar-refractivity contribution in [2.45, 2.75) is 39.7 Å². The van der Waals surface area contributed by atoms with Gasteiger partial charge in [0.2, 0.25) is 12.7 Å². The molecule has 8 nitrogen and oxygen atoms in total. The van der Waals surface area contributed by atoms with Crippen LogP contribution >= 0.6 is 12.2 Å². The lowest BCUT2D eigenvalue weighted by atomic mass is 9.88. The van der Waals surface area contributed by atoms with Crippen LogP contribution in [0.5, 0.6) is 11.5 Å². The third-order valence-corrected chi connectivity index (χ3v) is 5.92. The molecule has 0 aromatic heterocycles. The third kappa shape index (κ3) is 6.00. The Hall–Kier alpha value is -2.55. The lowest BCUT2D eigenvalue weighted by molar-refractivity contribution is -0.124. The van der Waals surface area contributed by atoms with Crippen LogP contribution in [-0.4, -0.2) is 60.8 Å². The van der Waals surface area contributed by atoms with Gasteiger partial charge in [-0.15, -0.1) is 0 Å². The monoisotopic (exact) mass is 448 g/mol. The van der Waals surface area contributed by atoms with Crippen molar-refractivity contribution in [2.24, 2.45) is 11.8 Å². The van der Waals surface area contributed by atoms with Crippen LogP contribution in [-0.2, 0) is 4.79 Å². The fraction of sp³-hybridized carbons (Fsp3) is 0.591. The SMILES string of the molecule is CCNC(=S)N1CCC([C@H](NC(=O)c2ccc3c(c2)OCO3)C(=O)NCC(C)C)CC1. The van der Waals surface area contributed by atoms with Crippen LogP contribution in [0.2, 0.25) is 0 Å². The van der Waals surface area contributed by atoms with E-state index in [1.54, 1.807) is 18.2 Å². The number of hydrogen-bond donors (Lipinski definition) is 3. The van der Waals surface area contributed by atoms with E-state index in [0.717, 1.165) is 37.6 Å². The van der Waals surface area contributed by atoms with Crippen LogP contribution < -0.4 is 25.4 Å². The van der Waals surface area contributed by atoms with Crippen molar-refractivity contribution in [3.8, 4) is 11.5 Å². The van der Waals surface area contributed by atoms with Gasteiger partial charge in [-0.3, -0.25) is 9.59 Å². The summed E-state index contributed by atoms with van der Waals surface area (Å²) in [6.07, 6.45) is 1.54. The average Bonchev–Trinajstić information content (AvgIpc) is 3.24. The Kier molecular flexibility index (Phi) is 7.95. The van der Waals surface area contributed by atoms with Crippen LogP contribution in [0.4, 0.5) is 0 Å². The highest BCUT2D eigenvalue weighted by atomic mass is 32.1. The zero-order valence-electron chi connectivity index (χ0n) is 18.4. The number of thiocarbonyl (C=S) groups is 1. The highest BCUT2D eigenvalue weighted by molar-refractivity contribution is 7.80. The molecule has 1 aromatic carbocycles. The van der Waals surface area contributed by atoms with Crippen LogP contribution in [0.15, 0.2) is 18.2 Å². The Morgan fingerprint density at radius 2 is 1.87 bits per heavy atom. The van der Waals surface area contributed by atoms with Gasteiger partial charge in [0.1, 0.15) is 6.04 Å². The minimum atomic E-state index is -0.605. The van der Waals surface area contributed by atoms with Crippen LogP contribution in [0.3, 0.4) is 0 Å². The van der Waals surface area contributed by atoms with Crippen molar-refractivity contribution in [3.63, 3.8) is 0 Å². The second-order valence-electron chi connectivity index (χ2n) is 8.32. The van der Waals surface area contributed by atoms with E-state index < -0.39 is 6.04 Å². The second kappa shape index (κ2) is 10.7. The maximum absolute atomic E-state index is 13.0. The standard InChI is InChI=1S/C22H32N4O4S/c1-4-23-22(31)26-9-7-15(8-10-26)19(21(28)24-12-14(2)3)25-20(27)16-5-6-17-18(11-16)30-13-29-17/h5-6,11,14-15,19H,4,7-10,12-13H2,1-3H3,(H,23,31)(H,24,28)(H,25,27)/t19-/m0/s1. The highest BCUT2D eigenvalue weighted by Gasteiger charge is 2.33. The minimum absolute atomic E-state index is 0.0331. The van der Waals surface area contributed by atoms with E-state index in [9.17, 15) is 9.59 Å². The maximum Gasteiger partial charge on any atom is 0.252 e. The summed E-state index contributed by atoms with van der Waals surface area (Å²) in [5, 5.41) is 9.87. The lowest BCUT2D eigenvalue weighted by Crippen LogP contribution is -2.54. The fourth-order valence-corrected chi connectivity index (χ4v) is 4.10. The van der Waals surface area contributed by atoms with Gasteiger partial charge in [0.05, 0.1) is 0 Å². The van der Waals surface area contributed by atoms with Crippen molar-refractivity contribution in [1.29, 1.82) is 0 Å². The van der Waals surface area contributed by atoms with Crippen LogP contribution in [0, 0.1) is 11.8 Å². The number of benzene rings is 1. The van der Waals surface area contributed by atoms with Gasteiger partial charge < -0.3 is 30.3 Å². The summed E-state index contributed by atoms with van der Waals surface area (Å²) in [4.78, 5) is 28.1. The molecule has 0 bridgehead atoms. The lowest BCUT2D eigenvalue weighted by Gasteiger charge is -2.37. The summed E-state index contributed by atoms with van der Waals surface area (Å²) in [5.74, 6) is 1.08. The molecule has 0 saturated carbocycles. The molecule has 0 aliphatic carbocycles. The highest BCUT2D eigenvalue weighted by Crippen LogP contribution is 2.32. The normalized spacial score (nSPS) is 16.7. The Morgan fingerprint density at radius 3 is 2.55 bits per heavy atom. The first-order chi connectivity index (χ1) is 14.9. The molecule has 3 N–H and O–H groups in total. The van der Waals surface area contributed by atoms with E-state index in [4.69, 9.17) is 21.7 Å². The number of rotatable bonds is 7. The molecular formula is C22H32N4O4S. The number of likely N-dealkylation sites (tertiary alicyclic amines) is 1. The number of nitrogens with one attached hydrogen (secondary N) is 3. The van der Waals surface area contributed by atoms with Gasteiger partial charge in [-0.2, -0.15) is 0 Å². The molecule has 31 heavy (non-hydrogen) atoms. The summed E-state index contributed by atoms with van der Waals surface area (Å²) < 4.78 is 10.7. The summed E-state index contributed by atoms with van der Waals surface area (Å²) >= 11 is 5.42. The molecule has 0 unspecified atom stereocenters. The first-order valence-corrected chi connectivity index (χ1v) is 11.3. The van der Waals surface area contributed by atoms with E-state index in [2.05, 4.69) is 20.9 Å². The molecule has 2 heterocycles. The van der Waals surface area contributed by atoms with Gasteiger partial charge in [0.25, 0.3) is 5.91 Å². The summed E-state index contributed by atoms with van der Waals surface area (Å²) in [6, 6.07) is 4.44. The van der Waals surface area contributed by atoms with Crippen molar-refractivity contribution < 1.29 is 19.1 Å². The van der Waals surface area contributed by atoms with Gasteiger partial charge in [-0.05, 0) is 62.0 Å². The molecule has 1 fully saturated rings. The van der Waals surface area contributed by atoms with Crippen LogP contribution in [0.1, 0.15) is 44.0 Å². The van der Waals surface area contributed by atoms with E-state index >= 15 is 0 Å². The number of nitrogens with zero attached hydrogens (tertiary/aromatic N) is 1. The molecule has 2 aliphatic rings. The van der Waals surface area contributed by atoms with Crippen molar-refractivity contribution in [3.05, 3.63) is 23.8 Å². The van der Waals surface area contributed by atoms with E-state index in [1.807, 2.05) is 20.8 Å². The number of ether oxygens (including phenoxy) is 2. The molecular weight excluding hydrogens is 416 g/mol.